The van der Waals surface area contributed by atoms with Crippen LogP contribution >= 0.6 is 0 Å². The van der Waals surface area contributed by atoms with Gasteiger partial charge in [-0.15, -0.1) is 0 Å². The van der Waals surface area contributed by atoms with E-state index in [0.29, 0.717) is 17.8 Å². The molecule has 2 N–H and O–H groups in total. The van der Waals surface area contributed by atoms with Crippen LogP contribution in [0.5, 0.6) is 5.75 Å². The summed E-state index contributed by atoms with van der Waals surface area (Å²) < 4.78 is 5.12. The van der Waals surface area contributed by atoms with Gasteiger partial charge in [0.25, 0.3) is 5.91 Å². The number of rotatable bonds is 7. The first-order valence-electron chi connectivity index (χ1n) is 8.84. The molecule has 6 heteroatoms. The van der Waals surface area contributed by atoms with E-state index in [4.69, 9.17) is 4.74 Å². The average molecular weight is 375 g/mol. The number of hydrogen-bond donors (Lipinski definition) is 2. The number of nitrogens with one attached hydrogen (secondary N) is 2. The van der Waals surface area contributed by atoms with Crippen LogP contribution in [0.25, 0.3) is 0 Å². The lowest BCUT2D eigenvalue weighted by molar-refractivity contribution is -0.120. The van der Waals surface area contributed by atoms with Crippen molar-refractivity contribution in [3.8, 4) is 5.75 Å². The van der Waals surface area contributed by atoms with Crippen LogP contribution in [-0.2, 0) is 17.8 Å². The normalized spacial score (nSPS) is 10.2. The van der Waals surface area contributed by atoms with Crippen molar-refractivity contribution in [3.63, 3.8) is 0 Å². The second kappa shape index (κ2) is 9.32. The summed E-state index contributed by atoms with van der Waals surface area (Å²) >= 11 is 0. The Labute approximate surface area is 163 Å². The van der Waals surface area contributed by atoms with E-state index in [1.807, 2.05) is 42.5 Å². The number of carbonyl (C=O) groups excluding carboxylic acids is 2. The molecule has 0 saturated heterocycles. The van der Waals surface area contributed by atoms with E-state index < -0.39 is 0 Å². The van der Waals surface area contributed by atoms with E-state index in [-0.39, 0.29) is 18.2 Å². The minimum atomic E-state index is -0.245. The van der Waals surface area contributed by atoms with E-state index in [1.165, 1.54) is 6.20 Å². The summed E-state index contributed by atoms with van der Waals surface area (Å²) in [5.74, 6) is 0.408. The molecule has 2 aromatic carbocycles. The first-order valence-corrected chi connectivity index (χ1v) is 8.84. The molecule has 0 aliphatic rings. The third kappa shape index (κ3) is 5.17. The summed E-state index contributed by atoms with van der Waals surface area (Å²) in [6, 6.07) is 18.2. The fourth-order valence-electron chi connectivity index (χ4n) is 2.67. The average Bonchev–Trinajstić information content (AvgIpc) is 2.74. The van der Waals surface area contributed by atoms with E-state index in [1.54, 1.807) is 31.5 Å². The van der Waals surface area contributed by atoms with Gasteiger partial charge in [0.1, 0.15) is 5.75 Å². The van der Waals surface area contributed by atoms with Gasteiger partial charge in [0.15, 0.2) is 0 Å². The van der Waals surface area contributed by atoms with E-state index >= 15 is 0 Å². The Morgan fingerprint density at radius 2 is 1.79 bits per heavy atom. The van der Waals surface area contributed by atoms with Gasteiger partial charge in [0, 0.05) is 24.6 Å². The van der Waals surface area contributed by atoms with Crippen molar-refractivity contribution in [3.05, 3.63) is 89.7 Å². The van der Waals surface area contributed by atoms with Gasteiger partial charge < -0.3 is 15.4 Å². The Bertz CT molecular complexity index is 941. The largest absolute Gasteiger partial charge is 0.497 e. The van der Waals surface area contributed by atoms with Gasteiger partial charge in [-0.05, 0) is 41.5 Å². The number of anilines is 1. The summed E-state index contributed by atoms with van der Waals surface area (Å²) in [6.07, 6.45) is 3.39. The molecule has 0 unspecified atom stereocenters. The molecule has 1 aromatic heterocycles. The topological polar surface area (TPSA) is 80.3 Å². The van der Waals surface area contributed by atoms with E-state index in [0.717, 1.165) is 16.9 Å². The molecule has 1 heterocycles. The lowest BCUT2D eigenvalue weighted by atomic mass is 10.1. The number of hydrogen-bond acceptors (Lipinski definition) is 4. The number of amides is 2. The SMILES string of the molecule is COc1ccc(CC(=O)NCc2ccccc2NC(=O)c2cccnc2)cc1. The van der Waals surface area contributed by atoms with Gasteiger partial charge >= 0.3 is 0 Å². The highest BCUT2D eigenvalue weighted by Gasteiger charge is 2.10. The van der Waals surface area contributed by atoms with Crippen LogP contribution in [0.15, 0.2) is 73.1 Å². The lowest BCUT2D eigenvalue weighted by Gasteiger charge is -2.12. The molecule has 3 aromatic rings. The minimum Gasteiger partial charge on any atom is -0.497 e. The van der Waals surface area contributed by atoms with Crippen molar-refractivity contribution in [1.82, 2.24) is 10.3 Å². The Kier molecular flexibility index (Phi) is 6.36. The summed E-state index contributed by atoms with van der Waals surface area (Å²) in [6.45, 7) is 0.318. The molecule has 0 radical (unpaired) electrons. The smallest absolute Gasteiger partial charge is 0.257 e. The number of carbonyl (C=O) groups is 2. The zero-order chi connectivity index (χ0) is 19.8. The van der Waals surface area contributed by atoms with Crippen LogP contribution in [0.3, 0.4) is 0 Å². The van der Waals surface area contributed by atoms with Gasteiger partial charge in [0.05, 0.1) is 19.1 Å². The van der Waals surface area contributed by atoms with Crippen molar-refractivity contribution < 1.29 is 14.3 Å². The van der Waals surface area contributed by atoms with Crippen LogP contribution in [0.1, 0.15) is 21.5 Å². The highest BCUT2D eigenvalue weighted by molar-refractivity contribution is 6.04. The quantitative estimate of drug-likeness (QED) is 0.665. The fourth-order valence-corrected chi connectivity index (χ4v) is 2.67. The summed E-state index contributed by atoms with van der Waals surface area (Å²) in [5, 5.41) is 5.76. The summed E-state index contributed by atoms with van der Waals surface area (Å²) in [4.78, 5) is 28.6. The number of methoxy groups -OCH3 is 1. The Balaban J connectivity index is 1.59. The van der Waals surface area contributed by atoms with Gasteiger partial charge in [-0.1, -0.05) is 30.3 Å². The van der Waals surface area contributed by atoms with Crippen LogP contribution in [-0.4, -0.2) is 23.9 Å². The Morgan fingerprint density at radius 3 is 2.50 bits per heavy atom. The molecule has 142 valence electrons. The Hall–Kier alpha value is -3.67. The number of benzene rings is 2. The van der Waals surface area contributed by atoms with Gasteiger partial charge in [-0.3, -0.25) is 14.6 Å². The van der Waals surface area contributed by atoms with E-state index in [2.05, 4.69) is 15.6 Å². The first-order chi connectivity index (χ1) is 13.7. The van der Waals surface area contributed by atoms with Crippen molar-refractivity contribution in [2.24, 2.45) is 0 Å². The van der Waals surface area contributed by atoms with Gasteiger partial charge in [-0.25, -0.2) is 0 Å². The van der Waals surface area contributed by atoms with Crippen molar-refractivity contribution >= 4 is 17.5 Å². The zero-order valence-electron chi connectivity index (χ0n) is 15.5. The molecule has 0 aliphatic carbocycles. The minimum absolute atomic E-state index is 0.0986. The number of nitrogens with zero attached hydrogens (tertiary/aromatic N) is 1. The molecule has 0 spiro atoms. The number of pyridine rings is 1. The highest BCUT2D eigenvalue weighted by Crippen LogP contribution is 2.16. The maximum absolute atomic E-state index is 12.3. The van der Waals surface area contributed by atoms with Crippen molar-refractivity contribution in [1.29, 1.82) is 0 Å². The molecule has 0 bridgehead atoms. The predicted octanol–water partition coefficient (Wildman–Crippen LogP) is 3.20. The number of para-hydroxylation sites is 1. The summed E-state index contributed by atoms with van der Waals surface area (Å²) in [7, 11) is 1.60. The number of aromatic nitrogens is 1. The predicted molar refractivity (Wildman–Crippen MR) is 107 cm³/mol. The maximum atomic E-state index is 12.3. The van der Waals surface area contributed by atoms with Crippen LogP contribution in [0.2, 0.25) is 0 Å². The molecule has 6 nitrogen and oxygen atoms in total. The second-order valence-corrected chi connectivity index (χ2v) is 6.15. The van der Waals surface area contributed by atoms with Crippen molar-refractivity contribution in [2.45, 2.75) is 13.0 Å². The zero-order valence-corrected chi connectivity index (χ0v) is 15.5. The van der Waals surface area contributed by atoms with E-state index in [9.17, 15) is 9.59 Å². The summed E-state index contributed by atoms with van der Waals surface area (Å²) in [5.41, 5.74) is 2.85. The van der Waals surface area contributed by atoms with Crippen LogP contribution in [0.4, 0.5) is 5.69 Å². The molecule has 2 amide bonds. The van der Waals surface area contributed by atoms with Crippen molar-refractivity contribution in [2.75, 3.05) is 12.4 Å². The molecule has 0 aliphatic heterocycles. The molecular formula is C22H21N3O3. The molecular weight excluding hydrogens is 354 g/mol. The molecule has 0 atom stereocenters. The number of ether oxygens (including phenoxy) is 1. The third-order valence-corrected chi connectivity index (χ3v) is 4.19. The Morgan fingerprint density at radius 1 is 1.00 bits per heavy atom. The fraction of sp³-hybridized carbons (Fsp3) is 0.136. The monoisotopic (exact) mass is 375 g/mol. The molecule has 3 rings (SSSR count). The highest BCUT2D eigenvalue weighted by atomic mass is 16.5. The third-order valence-electron chi connectivity index (χ3n) is 4.19. The molecule has 28 heavy (non-hydrogen) atoms. The first kappa shape index (κ1) is 19.1. The lowest BCUT2D eigenvalue weighted by Crippen LogP contribution is -2.25. The second-order valence-electron chi connectivity index (χ2n) is 6.15. The van der Waals surface area contributed by atoms with Gasteiger partial charge in [0.2, 0.25) is 5.91 Å². The van der Waals surface area contributed by atoms with Crippen LogP contribution < -0.4 is 15.4 Å². The van der Waals surface area contributed by atoms with Gasteiger partial charge in [-0.2, -0.15) is 0 Å². The molecule has 0 saturated carbocycles. The van der Waals surface area contributed by atoms with Crippen LogP contribution in [0, 0.1) is 0 Å². The maximum Gasteiger partial charge on any atom is 0.257 e. The molecule has 0 fully saturated rings. The standard InChI is InChI=1S/C22H21N3O3/c1-28-19-10-8-16(9-11-19)13-21(26)24-15-17-5-2-3-7-20(17)25-22(27)18-6-4-12-23-14-18/h2-12,14H,13,15H2,1H3,(H,24,26)(H,25,27).